The van der Waals surface area contributed by atoms with Crippen LogP contribution >= 0.6 is 8.03 Å². The molecule has 0 heterocycles. The summed E-state index contributed by atoms with van der Waals surface area (Å²) < 4.78 is 51.9. The molecule has 4 unspecified atom stereocenters. The molecular formula is C21H43NaO9PS+. The Bertz CT molecular complexity index is 646. The van der Waals surface area contributed by atoms with E-state index in [4.69, 9.17) is 18.9 Å². The molecule has 12 heteroatoms. The fraction of sp³-hybridized carbons (Fsp3) is 0.905. The summed E-state index contributed by atoms with van der Waals surface area (Å²) in [4.78, 5) is 31.8. The van der Waals surface area contributed by atoms with Crippen molar-refractivity contribution in [2.24, 2.45) is 11.8 Å². The van der Waals surface area contributed by atoms with Crippen LogP contribution in [0.4, 0.5) is 0 Å². The van der Waals surface area contributed by atoms with E-state index < -0.39 is 41.8 Å². The number of rotatable bonds is 16. The molecule has 33 heavy (non-hydrogen) atoms. The molecule has 0 bridgehead atoms. The summed E-state index contributed by atoms with van der Waals surface area (Å²) in [6.07, 6.45) is 6.74. The molecule has 192 valence electrons. The molecule has 0 fully saturated rings. The van der Waals surface area contributed by atoms with Crippen LogP contribution in [-0.4, -0.2) is 54.9 Å². The third-order valence-electron chi connectivity index (χ3n) is 5.00. The quantitative estimate of drug-likeness (QED) is 0.133. The summed E-state index contributed by atoms with van der Waals surface area (Å²) in [5.74, 6) is -1.61. The zero-order chi connectivity index (χ0) is 25.2. The molecule has 0 aliphatic heterocycles. The zero-order valence-electron chi connectivity index (χ0n) is 22.1. The van der Waals surface area contributed by atoms with Crippen molar-refractivity contribution in [2.75, 3.05) is 19.9 Å². The van der Waals surface area contributed by atoms with Crippen LogP contribution in [0.25, 0.3) is 0 Å². The van der Waals surface area contributed by atoms with Gasteiger partial charge in [-0.2, -0.15) is 13.3 Å². The van der Waals surface area contributed by atoms with Crippen molar-refractivity contribution in [2.45, 2.75) is 90.7 Å². The maximum atomic E-state index is 12.2. The van der Waals surface area contributed by atoms with Crippen LogP contribution in [0.15, 0.2) is 0 Å². The van der Waals surface area contributed by atoms with Gasteiger partial charge < -0.3 is 10.9 Å². The molecule has 2 N–H and O–H groups in total. The molecule has 0 aliphatic carbocycles. The van der Waals surface area contributed by atoms with Crippen LogP contribution in [0.5, 0.6) is 0 Å². The molecular weight excluding hydrogens is 482 g/mol. The molecule has 0 aromatic carbocycles. The number of carbonyl (C=O) groups is 2. The van der Waals surface area contributed by atoms with E-state index in [1.54, 1.807) is 0 Å². The largest absolute Gasteiger partial charge is 1.00 e. The minimum atomic E-state index is -4.76. The molecule has 0 saturated heterocycles. The van der Waals surface area contributed by atoms with Gasteiger partial charge in [-0.3, -0.25) is 14.1 Å². The molecule has 0 spiro atoms. The van der Waals surface area contributed by atoms with E-state index in [9.17, 15) is 22.6 Å². The summed E-state index contributed by atoms with van der Waals surface area (Å²) in [6, 6.07) is 0. The number of esters is 2. The predicted octanol–water partition coefficient (Wildman–Crippen LogP) is 1.62. The topological polar surface area (TPSA) is 144 Å². The zero-order valence-corrected chi connectivity index (χ0v) is 24.8. The smallest absolute Gasteiger partial charge is 1.00 e. The summed E-state index contributed by atoms with van der Waals surface area (Å²) in [6.45, 7) is 9.58. The van der Waals surface area contributed by atoms with Gasteiger partial charge in [-0.05, 0) is 29.2 Å². The fourth-order valence-electron chi connectivity index (χ4n) is 2.82. The third kappa shape index (κ3) is 22.1. The maximum Gasteiger partial charge on any atom is 1.00 e. The SMILES string of the molecule is CCCCC(CC)COC(=O)CC(C(=O)OCC(CC)CCCC)S(=O)(=O)O.C[P+](=O)O.[H-].[Na+]. The minimum absolute atomic E-state index is 0. The van der Waals surface area contributed by atoms with Crippen molar-refractivity contribution < 1.29 is 72.5 Å². The van der Waals surface area contributed by atoms with Crippen molar-refractivity contribution in [1.29, 1.82) is 0 Å². The Morgan fingerprint density at radius 1 is 0.939 bits per heavy atom. The molecule has 0 saturated carbocycles. The Balaban J connectivity index is -0.000000690. The second-order valence-electron chi connectivity index (χ2n) is 7.82. The number of hydrogen-bond acceptors (Lipinski definition) is 7. The van der Waals surface area contributed by atoms with Crippen LogP contribution < -0.4 is 29.6 Å². The molecule has 0 rings (SSSR count). The van der Waals surface area contributed by atoms with Crippen molar-refractivity contribution in [3.63, 3.8) is 0 Å². The fourth-order valence-corrected chi connectivity index (χ4v) is 3.48. The van der Waals surface area contributed by atoms with E-state index in [1.165, 1.54) is 6.66 Å². The normalized spacial score (nSPS) is 14.0. The number of unbranched alkanes of at least 4 members (excludes halogenated alkanes) is 2. The van der Waals surface area contributed by atoms with Crippen molar-refractivity contribution in [1.82, 2.24) is 0 Å². The Hall–Kier alpha value is -0.0900. The second kappa shape index (κ2) is 22.4. The Morgan fingerprint density at radius 3 is 1.67 bits per heavy atom. The molecule has 9 nitrogen and oxygen atoms in total. The first-order valence-corrected chi connectivity index (χ1v) is 14.5. The van der Waals surface area contributed by atoms with Crippen molar-refractivity contribution in [3.05, 3.63) is 0 Å². The maximum absolute atomic E-state index is 12.2. The average molecular weight is 526 g/mol. The Kier molecular flexibility index (Phi) is 25.4. The molecule has 0 aromatic rings. The van der Waals surface area contributed by atoms with E-state index in [-0.39, 0.29) is 56.0 Å². The summed E-state index contributed by atoms with van der Waals surface area (Å²) in [7, 11) is -6.63. The van der Waals surface area contributed by atoms with Crippen molar-refractivity contribution in [3.8, 4) is 0 Å². The van der Waals surface area contributed by atoms with E-state index in [1.807, 2.05) is 13.8 Å². The monoisotopic (exact) mass is 525 g/mol. The minimum Gasteiger partial charge on any atom is -1.00 e. The van der Waals surface area contributed by atoms with Gasteiger partial charge in [-0.25, -0.2) is 0 Å². The first kappa shape index (κ1) is 37.5. The number of carbonyl (C=O) groups excluding carboxylic acids is 2. The summed E-state index contributed by atoms with van der Waals surface area (Å²) in [5, 5.41) is -1.95. The van der Waals surface area contributed by atoms with Gasteiger partial charge in [-0.15, -0.1) is 0 Å². The van der Waals surface area contributed by atoms with Crippen LogP contribution in [-0.2, 0) is 33.7 Å². The Morgan fingerprint density at radius 2 is 1.33 bits per heavy atom. The number of hydrogen-bond donors (Lipinski definition) is 2. The van der Waals surface area contributed by atoms with Gasteiger partial charge in [0, 0.05) is 0 Å². The van der Waals surface area contributed by atoms with E-state index in [0.29, 0.717) is 0 Å². The second-order valence-corrected chi connectivity index (χ2v) is 10.3. The van der Waals surface area contributed by atoms with Crippen LogP contribution in [0.2, 0.25) is 0 Å². The molecule has 0 aromatic heterocycles. The van der Waals surface area contributed by atoms with Gasteiger partial charge in [-0.1, -0.05) is 66.2 Å². The standard InChI is InChI=1S/C20H38O7S.CH3O2P.Na.H/c1-5-9-11-16(7-3)14-26-19(21)13-18(28(23,24)25)20(22)27-15-17(8-4)12-10-6-2;1-4(2)3;;/h16-18H,5-15H2,1-4H3,(H,23,24,25);1H3;;/q;;+1;-1/p+1. The average Bonchev–Trinajstić information content (AvgIpc) is 2.70. The number of ether oxygens (including phenoxy) is 2. The van der Waals surface area contributed by atoms with Gasteiger partial charge in [0.15, 0.2) is 11.9 Å². The summed E-state index contributed by atoms with van der Waals surface area (Å²) >= 11 is 0. The van der Waals surface area contributed by atoms with Crippen LogP contribution in [0.1, 0.15) is 86.9 Å². The van der Waals surface area contributed by atoms with Gasteiger partial charge in [0.2, 0.25) is 0 Å². The van der Waals surface area contributed by atoms with Gasteiger partial charge in [0.1, 0.15) is 0 Å². The van der Waals surface area contributed by atoms with Gasteiger partial charge in [0.25, 0.3) is 10.1 Å². The van der Waals surface area contributed by atoms with Gasteiger partial charge in [0.05, 0.1) is 19.6 Å². The molecule has 4 atom stereocenters. The van der Waals surface area contributed by atoms with E-state index in [2.05, 4.69) is 13.8 Å². The van der Waals surface area contributed by atoms with Crippen LogP contribution in [0.3, 0.4) is 0 Å². The molecule has 0 amide bonds. The Labute approximate surface area is 224 Å². The van der Waals surface area contributed by atoms with Crippen molar-refractivity contribution >= 4 is 30.1 Å². The van der Waals surface area contributed by atoms with Crippen LogP contribution in [0, 0.1) is 11.8 Å². The van der Waals surface area contributed by atoms with E-state index >= 15 is 0 Å². The van der Waals surface area contributed by atoms with E-state index in [0.717, 1.165) is 51.4 Å². The summed E-state index contributed by atoms with van der Waals surface area (Å²) in [5.41, 5.74) is 0. The van der Waals surface area contributed by atoms with Gasteiger partial charge >= 0.3 is 49.5 Å². The molecule has 0 radical (unpaired) electrons. The molecule has 0 aliphatic rings. The third-order valence-corrected chi connectivity index (χ3v) is 6.08. The first-order chi connectivity index (χ1) is 14.9. The predicted molar refractivity (Wildman–Crippen MR) is 125 cm³/mol. The first-order valence-electron chi connectivity index (χ1n) is 11.3.